The third kappa shape index (κ3) is 4.84. The molecule has 2 aromatic carbocycles. The van der Waals surface area contributed by atoms with Crippen LogP contribution in [-0.2, 0) is 11.3 Å². The lowest BCUT2D eigenvalue weighted by Gasteiger charge is -2.09. The summed E-state index contributed by atoms with van der Waals surface area (Å²) in [5, 5.41) is 15.4. The van der Waals surface area contributed by atoms with Gasteiger partial charge in [0, 0.05) is 18.7 Å². The number of carbonyl (C=O) groups excluding carboxylic acids is 2. The number of nitrogens with one attached hydrogen (secondary N) is 2. The highest BCUT2D eigenvalue weighted by molar-refractivity contribution is 5.96. The standard InChI is InChI=1S/C19H22N2O3/c1-3-5-18(23)21-15-7-4-6-14(11-15)12-20-19(24)16-9-8-13(2)10-17(16)22/h4,6-11,22H,3,5,12H2,1-2H3,(H,20,24)(H,21,23). The first kappa shape index (κ1) is 17.5. The van der Waals surface area contributed by atoms with E-state index in [4.69, 9.17) is 0 Å². The summed E-state index contributed by atoms with van der Waals surface area (Å²) in [6, 6.07) is 12.3. The number of phenols is 1. The summed E-state index contributed by atoms with van der Waals surface area (Å²) in [4.78, 5) is 23.8. The predicted molar refractivity (Wildman–Crippen MR) is 94.0 cm³/mol. The van der Waals surface area contributed by atoms with Crippen molar-refractivity contribution in [2.24, 2.45) is 0 Å². The molecule has 2 amide bonds. The quantitative estimate of drug-likeness (QED) is 0.761. The van der Waals surface area contributed by atoms with E-state index in [1.165, 1.54) is 0 Å². The van der Waals surface area contributed by atoms with Crippen LogP contribution >= 0.6 is 0 Å². The van der Waals surface area contributed by atoms with Gasteiger partial charge in [-0.25, -0.2) is 0 Å². The lowest BCUT2D eigenvalue weighted by molar-refractivity contribution is -0.116. The van der Waals surface area contributed by atoms with Crippen LogP contribution in [-0.4, -0.2) is 16.9 Å². The number of hydrogen-bond donors (Lipinski definition) is 3. The minimum Gasteiger partial charge on any atom is -0.507 e. The van der Waals surface area contributed by atoms with Crippen molar-refractivity contribution < 1.29 is 14.7 Å². The summed E-state index contributed by atoms with van der Waals surface area (Å²) < 4.78 is 0. The second-order valence-corrected chi connectivity index (χ2v) is 5.70. The largest absolute Gasteiger partial charge is 0.507 e. The third-order valence-corrected chi connectivity index (χ3v) is 3.54. The maximum atomic E-state index is 12.2. The molecule has 0 saturated heterocycles. The van der Waals surface area contributed by atoms with Crippen LogP contribution in [0.15, 0.2) is 42.5 Å². The van der Waals surface area contributed by atoms with Gasteiger partial charge in [0.05, 0.1) is 5.56 Å². The summed E-state index contributed by atoms with van der Waals surface area (Å²) in [7, 11) is 0. The topological polar surface area (TPSA) is 78.4 Å². The molecule has 0 unspecified atom stereocenters. The van der Waals surface area contributed by atoms with E-state index in [0.717, 1.165) is 17.5 Å². The highest BCUT2D eigenvalue weighted by atomic mass is 16.3. The Bertz CT molecular complexity index is 741. The van der Waals surface area contributed by atoms with Gasteiger partial charge in [-0.2, -0.15) is 0 Å². The maximum absolute atomic E-state index is 12.2. The number of aromatic hydroxyl groups is 1. The number of carbonyl (C=O) groups is 2. The van der Waals surface area contributed by atoms with Crippen molar-refractivity contribution in [2.45, 2.75) is 33.2 Å². The Morgan fingerprint density at radius 3 is 2.62 bits per heavy atom. The van der Waals surface area contributed by atoms with Crippen LogP contribution in [0.3, 0.4) is 0 Å². The molecule has 5 heteroatoms. The average Bonchev–Trinajstić information content (AvgIpc) is 2.53. The highest BCUT2D eigenvalue weighted by Crippen LogP contribution is 2.18. The molecule has 2 rings (SSSR count). The number of rotatable bonds is 6. The molecule has 5 nitrogen and oxygen atoms in total. The van der Waals surface area contributed by atoms with Crippen molar-refractivity contribution in [1.82, 2.24) is 5.32 Å². The van der Waals surface area contributed by atoms with Crippen LogP contribution in [0.4, 0.5) is 5.69 Å². The van der Waals surface area contributed by atoms with E-state index < -0.39 is 0 Å². The zero-order chi connectivity index (χ0) is 17.5. The van der Waals surface area contributed by atoms with Gasteiger partial charge >= 0.3 is 0 Å². The van der Waals surface area contributed by atoms with Gasteiger partial charge in [-0.15, -0.1) is 0 Å². The van der Waals surface area contributed by atoms with Crippen molar-refractivity contribution in [2.75, 3.05) is 5.32 Å². The zero-order valence-electron chi connectivity index (χ0n) is 13.9. The third-order valence-electron chi connectivity index (χ3n) is 3.54. The highest BCUT2D eigenvalue weighted by Gasteiger charge is 2.10. The Morgan fingerprint density at radius 2 is 1.92 bits per heavy atom. The van der Waals surface area contributed by atoms with Gasteiger partial charge in [0.2, 0.25) is 5.91 Å². The van der Waals surface area contributed by atoms with E-state index in [9.17, 15) is 14.7 Å². The Labute approximate surface area is 141 Å². The molecule has 126 valence electrons. The van der Waals surface area contributed by atoms with Crippen molar-refractivity contribution >= 4 is 17.5 Å². The number of aryl methyl sites for hydroxylation is 1. The normalized spacial score (nSPS) is 10.2. The van der Waals surface area contributed by atoms with Crippen molar-refractivity contribution in [3.05, 3.63) is 59.2 Å². The first-order valence-electron chi connectivity index (χ1n) is 7.96. The fourth-order valence-corrected chi connectivity index (χ4v) is 2.32. The number of phenolic OH excluding ortho intramolecular Hbond substituents is 1. The van der Waals surface area contributed by atoms with E-state index >= 15 is 0 Å². The molecular weight excluding hydrogens is 304 g/mol. The van der Waals surface area contributed by atoms with E-state index in [2.05, 4.69) is 10.6 Å². The van der Waals surface area contributed by atoms with Gasteiger partial charge in [0.25, 0.3) is 5.91 Å². The molecule has 24 heavy (non-hydrogen) atoms. The van der Waals surface area contributed by atoms with Gasteiger partial charge in [0.1, 0.15) is 5.75 Å². The van der Waals surface area contributed by atoms with Gasteiger partial charge in [-0.3, -0.25) is 9.59 Å². The van der Waals surface area contributed by atoms with E-state index in [0.29, 0.717) is 18.7 Å². The maximum Gasteiger partial charge on any atom is 0.255 e. The van der Waals surface area contributed by atoms with Gasteiger partial charge in [0.15, 0.2) is 0 Å². The first-order chi connectivity index (χ1) is 11.5. The van der Waals surface area contributed by atoms with E-state index in [1.54, 1.807) is 18.2 Å². The minimum atomic E-state index is -0.340. The molecule has 0 aliphatic rings. The zero-order valence-corrected chi connectivity index (χ0v) is 13.9. The average molecular weight is 326 g/mol. The Morgan fingerprint density at radius 1 is 1.12 bits per heavy atom. The SMILES string of the molecule is CCCC(=O)Nc1cccc(CNC(=O)c2ccc(C)cc2O)c1. The summed E-state index contributed by atoms with van der Waals surface area (Å²) >= 11 is 0. The fraction of sp³-hybridized carbons (Fsp3) is 0.263. The Hall–Kier alpha value is -2.82. The Kier molecular flexibility index (Phi) is 5.95. The van der Waals surface area contributed by atoms with Gasteiger partial charge in [-0.05, 0) is 48.7 Å². The van der Waals surface area contributed by atoms with Crippen molar-refractivity contribution in [3.63, 3.8) is 0 Å². The summed E-state index contributed by atoms with van der Waals surface area (Å²) in [6.45, 7) is 4.11. The van der Waals surface area contributed by atoms with Crippen LogP contribution in [0.2, 0.25) is 0 Å². The molecular formula is C19H22N2O3. The van der Waals surface area contributed by atoms with Crippen molar-refractivity contribution in [1.29, 1.82) is 0 Å². The molecule has 0 aliphatic carbocycles. The summed E-state index contributed by atoms with van der Waals surface area (Å²) in [6.07, 6.45) is 1.27. The van der Waals surface area contributed by atoms with E-state index in [1.807, 2.05) is 38.1 Å². The Balaban J connectivity index is 1.98. The molecule has 0 bridgehead atoms. The van der Waals surface area contributed by atoms with Crippen LogP contribution in [0.25, 0.3) is 0 Å². The van der Waals surface area contributed by atoms with Gasteiger partial charge in [-0.1, -0.05) is 25.1 Å². The lowest BCUT2D eigenvalue weighted by Crippen LogP contribution is -2.23. The first-order valence-corrected chi connectivity index (χ1v) is 7.96. The molecule has 3 N–H and O–H groups in total. The molecule has 0 atom stereocenters. The fourth-order valence-electron chi connectivity index (χ4n) is 2.32. The number of hydrogen-bond acceptors (Lipinski definition) is 3. The summed E-state index contributed by atoms with van der Waals surface area (Å²) in [5.74, 6) is -0.399. The lowest BCUT2D eigenvalue weighted by atomic mass is 10.1. The molecule has 0 spiro atoms. The van der Waals surface area contributed by atoms with Crippen LogP contribution in [0.5, 0.6) is 5.75 Å². The minimum absolute atomic E-state index is 0.0248. The van der Waals surface area contributed by atoms with Crippen LogP contribution < -0.4 is 10.6 Å². The molecule has 0 radical (unpaired) electrons. The van der Waals surface area contributed by atoms with Crippen molar-refractivity contribution in [3.8, 4) is 5.75 Å². The molecule has 0 aliphatic heterocycles. The molecule has 0 aromatic heterocycles. The van der Waals surface area contributed by atoms with Crippen LogP contribution in [0, 0.1) is 6.92 Å². The number of benzene rings is 2. The van der Waals surface area contributed by atoms with E-state index in [-0.39, 0.29) is 23.1 Å². The second-order valence-electron chi connectivity index (χ2n) is 5.70. The molecule has 0 saturated carbocycles. The number of anilines is 1. The van der Waals surface area contributed by atoms with Crippen LogP contribution in [0.1, 0.15) is 41.3 Å². The summed E-state index contributed by atoms with van der Waals surface area (Å²) in [5.41, 5.74) is 2.70. The number of amides is 2. The second kappa shape index (κ2) is 8.15. The smallest absolute Gasteiger partial charge is 0.255 e. The van der Waals surface area contributed by atoms with Gasteiger partial charge < -0.3 is 15.7 Å². The predicted octanol–water partition coefficient (Wildman–Crippen LogP) is 3.37. The molecule has 0 fully saturated rings. The molecule has 0 heterocycles. The monoisotopic (exact) mass is 326 g/mol. The molecule has 2 aromatic rings.